The van der Waals surface area contributed by atoms with E-state index in [9.17, 15) is 0 Å². The Balaban J connectivity index is 2.83. The highest BCUT2D eigenvalue weighted by atomic mass is 31.1. The molecule has 0 aromatic heterocycles. The number of ether oxygens (including phenoxy) is 2. The van der Waals surface area contributed by atoms with Gasteiger partial charge in [0.2, 0.25) is 0 Å². The largest absolute Gasteiger partial charge is 0.493 e. The van der Waals surface area contributed by atoms with Gasteiger partial charge in [0.25, 0.3) is 0 Å². The first-order valence-corrected chi connectivity index (χ1v) is 12.8. The van der Waals surface area contributed by atoms with E-state index in [0.29, 0.717) is 13.2 Å². The SMILES string of the molecule is CCOc1cccc(P(C)C)c1-c1c(OCC)cccc1P(C)C. The molecular weight excluding hydrogens is 334 g/mol. The zero-order valence-electron chi connectivity index (χ0n) is 15.6. The summed E-state index contributed by atoms with van der Waals surface area (Å²) in [4.78, 5) is 0. The maximum Gasteiger partial charge on any atom is 0.127 e. The van der Waals surface area contributed by atoms with Gasteiger partial charge in [0, 0.05) is 11.1 Å². The lowest BCUT2D eigenvalue weighted by Gasteiger charge is -2.23. The highest BCUT2D eigenvalue weighted by Crippen LogP contribution is 2.43. The standard InChI is InChI=1S/C20H28O2P2/c1-7-21-15-11-9-13-17(23(3)4)19(15)20-16(22-8-2)12-10-14-18(20)24(5)6/h9-14H,7-8H2,1-6H3. The van der Waals surface area contributed by atoms with Gasteiger partial charge in [-0.3, -0.25) is 0 Å². The first kappa shape index (κ1) is 19.2. The van der Waals surface area contributed by atoms with Crippen LogP contribution >= 0.6 is 15.8 Å². The minimum atomic E-state index is -0.249. The number of benzene rings is 2. The predicted octanol–water partition coefficient (Wildman–Crippen LogP) is 4.88. The van der Waals surface area contributed by atoms with Crippen molar-refractivity contribution < 1.29 is 9.47 Å². The second kappa shape index (κ2) is 8.84. The Hall–Kier alpha value is -1.10. The first-order chi connectivity index (χ1) is 11.5. The van der Waals surface area contributed by atoms with Crippen molar-refractivity contribution in [3.05, 3.63) is 36.4 Å². The molecule has 24 heavy (non-hydrogen) atoms. The van der Waals surface area contributed by atoms with Crippen LogP contribution < -0.4 is 20.1 Å². The molecule has 0 saturated heterocycles. The number of hydrogen-bond donors (Lipinski definition) is 0. The zero-order chi connectivity index (χ0) is 17.7. The third-order valence-corrected chi connectivity index (χ3v) is 6.49. The smallest absolute Gasteiger partial charge is 0.127 e. The van der Waals surface area contributed by atoms with Crippen LogP contribution in [0.3, 0.4) is 0 Å². The summed E-state index contributed by atoms with van der Waals surface area (Å²) in [7, 11) is -0.497. The Bertz CT molecular complexity index is 622. The fraction of sp³-hybridized carbons (Fsp3) is 0.400. The van der Waals surface area contributed by atoms with Gasteiger partial charge in [0.15, 0.2) is 0 Å². The molecule has 0 fully saturated rings. The molecule has 0 amide bonds. The topological polar surface area (TPSA) is 18.5 Å². The Morgan fingerprint density at radius 1 is 0.667 bits per heavy atom. The molecule has 0 aliphatic carbocycles. The lowest BCUT2D eigenvalue weighted by molar-refractivity contribution is 0.337. The molecule has 0 saturated carbocycles. The van der Waals surface area contributed by atoms with E-state index in [2.05, 4.69) is 63.1 Å². The molecule has 0 N–H and O–H groups in total. The second-order valence-corrected chi connectivity index (χ2v) is 10.5. The molecular formula is C20H28O2P2. The van der Waals surface area contributed by atoms with Crippen LogP contribution in [0.2, 0.25) is 0 Å². The molecule has 0 heterocycles. The van der Waals surface area contributed by atoms with E-state index < -0.39 is 0 Å². The average molecular weight is 362 g/mol. The lowest BCUT2D eigenvalue weighted by Crippen LogP contribution is -2.14. The Morgan fingerprint density at radius 2 is 1.04 bits per heavy atom. The fourth-order valence-electron chi connectivity index (χ4n) is 2.84. The molecule has 0 radical (unpaired) electrons. The molecule has 130 valence electrons. The highest BCUT2D eigenvalue weighted by Gasteiger charge is 2.22. The summed E-state index contributed by atoms with van der Waals surface area (Å²) >= 11 is 0. The Labute approximate surface area is 149 Å². The predicted molar refractivity (Wildman–Crippen MR) is 111 cm³/mol. The van der Waals surface area contributed by atoms with Crippen LogP contribution in [0.15, 0.2) is 36.4 Å². The van der Waals surface area contributed by atoms with Crippen LogP contribution in [0.25, 0.3) is 11.1 Å². The minimum absolute atomic E-state index is 0.249. The van der Waals surface area contributed by atoms with Gasteiger partial charge in [-0.2, -0.15) is 0 Å². The lowest BCUT2D eigenvalue weighted by atomic mass is 10.0. The molecule has 0 aliphatic heterocycles. The van der Waals surface area contributed by atoms with Gasteiger partial charge in [-0.15, -0.1) is 0 Å². The molecule has 0 atom stereocenters. The molecule has 0 unspecified atom stereocenters. The molecule has 0 spiro atoms. The first-order valence-electron chi connectivity index (χ1n) is 8.37. The van der Waals surface area contributed by atoms with Crippen molar-refractivity contribution in [3.63, 3.8) is 0 Å². The summed E-state index contributed by atoms with van der Waals surface area (Å²) in [6.45, 7) is 14.6. The van der Waals surface area contributed by atoms with Gasteiger partial charge in [-0.1, -0.05) is 40.1 Å². The van der Waals surface area contributed by atoms with E-state index >= 15 is 0 Å². The van der Waals surface area contributed by atoms with E-state index in [-0.39, 0.29) is 15.8 Å². The Kier molecular flexibility index (Phi) is 7.08. The van der Waals surface area contributed by atoms with Crippen LogP contribution in [0, 0.1) is 0 Å². The van der Waals surface area contributed by atoms with Crippen LogP contribution in [-0.4, -0.2) is 39.9 Å². The van der Waals surface area contributed by atoms with Crippen LogP contribution in [0.5, 0.6) is 11.5 Å². The second-order valence-electron chi connectivity index (χ2n) is 5.96. The Morgan fingerprint density at radius 3 is 1.33 bits per heavy atom. The monoisotopic (exact) mass is 362 g/mol. The summed E-state index contributed by atoms with van der Waals surface area (Å²) in [6.07, 6.45) is 0. The van der Waals surface area contributed by atoms with E-state index in [1.54, 1.807) is 0 Å². The van der Waals surface area contributed by atoms with E-state index in [0.717, 1.165) is 11.5 Å². The van der Waals surface area contributed by atoms with Crippen molar-refractivity contribution >= 4 is 26.5 Å². The van der Waals surface area contributed by atoms with Gasteiger partial charge in [0.1, 0.15) is 11.5 Å². The summed E-state index contributed by atoms with van der Waals surface area (Å²) < 4.78 is 12.0. The van der Waals surface area contributed by atoms with E-state index in [4.69, 9.17) is 9.47 Å². The number of hydrogen-bond acceptors (Lipinski definition) is 2. The molecule has 2 aromatic carbocycles. The quantitative estimate of drug-likeness (QED) is 0.653. The molecule has 4 heteroatoms. The van der Waals surface area contributed by atoms with Crippen molar-refractivity contribution in [2.45, 2.75) is 13.8 Å². The van der Waals surface area contributed by atoms with Crippen LogP contribution in [0.1, 0.15) is 13.8 Å². The van der Waals surface area contributed by atoms with Crippen molar-refractivity contribution in [2.75, 3.05) is 39.9 Å². The zero-order valence-corrected chi connectivity index (χ0v) is 17.4. The van der Waals surface area contributed by atoms with Crippen LogP contribution in [0.4, 0.5) is 0 Å². The third kappa shape index (κ3) is 4.11. The molecule has 2 nitrogen and oxygen atoms in total. The minimum Gasteiger partial charge on any atom is -0.493 e. The fourth-order valence-corrected chi connectivity index (χ4v) is 4.95. The average Bonchev–Trinajstić information content (AvgIpc) is 2.55. The van der Waals surface area contributed by atoms with E-state index in [1.165, 1.54) is 21.7 Å². The van der Waals surface area contributed by atoms with Gasteiger partial charge in [-0.05, 0) is 63.2 Å². The van der Waals surface area contributed by atoms with Gasteiger partial charge >= 0.3 is 0 Å². The summed E-state index contributed by atoms with van der Waals surface area (Å²) in [5.74, 6) is 1.94. The van der Waals surface area contributed by atoms with Crippen LogP contribution in [-0.2, 0) is 0 Å². The summed E-state index contributed by atoms with van der Waals surface area (Å²) in [6, 6.07) is 12.9. The normalized spacial score (nSPS) is 11.2. The third-order valence-electron chi connectivity index (χ3n) is 3.82. The van der Waals surface area contributed by atoms with Crippen molar-refractivity contribution in [1.29, 1.82) is 0 Å². The number of rotatable bonds is 7. The summed E-state index contributed by atoms with van der Waals surface area (Å²) in [5, 5.41) is 2.75. The van der Waals surface area contributed by atoms with Gasteiger partial charge in [0.05, 0.1) is 13.2 Å². The maximum absolute atomic E-state index is 6.01. The van der Waals surface area contributed by atoms with Crippen molar-refractivity contribution in [3.8, 4) is 22.6 Å². The van der Waals surface area contributed by atoms with Crippen molar-refractivity contribution in [2.24, 2.45) is 0 Å². The van der Waals surface area contributed by atoms with Gasteiger partial charge < -0.3 is 9.47 Å². The summed E-state index contributed by atoms with van der Waals surface area (Å²) in [5.41, 5.74) is 2.46. The molecule has 0 bridgehead atoms. The molecule has 2 rings (SSSR count). The van der Waals surface area contributed by atoms with E-state index in [1.807, 2.05) is 13.8 Å². The molecule has 0 aliphatic rings. The van der Waals surface area contributed by atoms with Crippen molar-refractivity contribution in [1.82, 2.24) is 0 Å². The highest BCUT2D eigenvalue weighted by molar-refractivity contribution is 7.65. The molecule has 2 aromatic rings. The maximum atomic E-state index is 6.01. The van der Waals surface area contributed by atoms with Gasteiger partial charge in [-0.25, -0.2) is 0 Å².